The Kier molecular flexibility index (Phi) is 5.45. The first-order valence-corrected chi connectivity index (χ1v) is 8.43. The van der Waals surface area contributed by atoms with Crippen LogP contribution in [0.2, 0.25) is 5.02 Å². The maximum absolute atomic E-state index is 6.37. The van der Waals surface area contributed by atoms with Crippen LogP contribution in [0.25, 0.3) is 0 Å². The molecule has 0 aromatic heterocycles. The van der Waals surface area contributed by atoms with Crippen molar-refractivity contribution in [2.45, 2.75) is 39.0 Å². The fraction of sp³-hybridized carbons (Fsp3) is 0.625. The third kappa shape index (κ3) is 3.40. The molecule has 1 saturated carbocycles. The smallest absolute Gasteiger partial charge is 0.0440 e. The topological polar surface area (TPSA) is 0 Å². The fourth-order valence-corrected chi connectivity index (χ4v) is 4.42. The Hall–Kier alpha value is 0.0900. The Morgan fingerprint density at radius 1 is 1.16 bits per heavy atom. The van der Waals surface area contributed by atoms with Gasteiger partial charge in [0.25, 0.3) is 0 Å². The van der Waals surface area contributed by atoms with Gasteiger partial charge in [-0.3, -0.25) is 0 Å². The highest BCUT2D eigenvalue weighted by molar-refractivity contribution is 6.31. The van der Waals surface area contributed by atoms with Gasteiger partial charge < -0.3 is 0 Å². The lowest BCUT2D eigenvalue weighted by atomic mass is 9.73. The third-order valence-corrected chi connectivity index (χ3v) is 5.92. The highest BCUT2D eigenvalue weighted by Gasteiger charge is 2.39. The Balaban J connectivity index is 2.24. The molecule has 1 aliphatic rings. The molecule has 1 aromatic carbocycles. The van der Waals surface area contributed by atoms with Gasteiger partial charge in [-0.1, -0.05) is 36.6 Å². The normalized spacial score (nSPS) is 17.1. The third-order valence-electron chi connectivity index (χ3n) is 4.50. The van der Waals surface area contributed by atoms with Crippen LogP contribution in [0.5, 0.6) is 0 Å². The van der Waals surface area contributed by atoms with Gasteiger partial charge in [0, 0.05) is 22.2 Å². The van der Waals surface area contributed by atoms with Crippen LogP contribution < -0.4 is 0 Å². The van der Waals surface area contributed by atoms with Crippen molar-refractivity contribution in [3.63, 3.8) is 0 Å². The zero-order valence-corrected chi connectivity index (χ0v) is 13.7. The molecule has 3 heteroatoms. The van der Waals surface area contributed by atoms with E-state index in [0.717, 1.165) is 11.4 Å². The number of hydrogen-bond acceptors (Lipinski definition) is 0. The summed E-state index contributed by atoms with van der Waals surface area (Å²) in [7, 11) is 0. The minimum absolute atomic E-state index is 0.00148. The predicted octanol–water partition coefficient (Wildman–Crippen LogP) is 5.85. The summed E-state index contributed by atoms with van der Waals surface area (Å²) in [6, 6.07) is 6.27. The van der Waals surface area contributed by atoms with Crippen LogP contribution in [-0.2, 0) is 6.42 Å². The molecular formula is C16H21Cl3. The van der Waals surface area contributed by atoms with Crippen molar-refractivity contribution in [1.82, 2.24) is 0 Å². The van der Waals surface area contributed by atoms with Crippen LogP contribution in [0.15, 0.2) is 18.2 Å². The number of rotatable bonds is 5. The zero-order chi connectivity index (χ0) is 13.9. The highest BCUT2D eigenvalue weighted by atomic mass is 35.5. The maximum atomic E-state index is 6.37. The average Bonchev–Trinajstić information content (AvgIpc) is 2.93. The van der Waals surface area contributed by atoms with Crippen molar-refractivity contribution in [3.8, 4) is 0 Å². The summed E-state index contributed by atoms with van der Waals surface area (Å²) in [5, 5.41) is 0.845. The van der Waals surface area contributed by atoms with Crippen LogP contribution in [0.3, 0.4) is 0 Å². The first-order chi connectivity index (χ1) is 9.11. The molecule has 0 N–H and O–H groups in total. The van der Waals surface area contributed by atoms with Crippen LogP contribution >= 0.6 is 34.8 Å². The molecule has 0 spiro atoms. The monoisotopic (exact) mass is 318 g/mol. The lowest BCUT2D eigenvalue weighted by Gasteiger charge is -2.36. The van der Waals surface area contributed by atoms with E-state index in [9.17, 15) is 0 Å². The molecule has 1 aromatic rings. The average molecular weight is 320 g/mol. The predicted molar refractivity (Wildman–Crippen MR) is 85.7 cm³/mol. The number of alkyl halides is 2. The lowest BCUT2D eigenvalue weighted by Crippen LogP contribution is -2.35. The van der Waals surface area contributed by atoms with E-state index in [0.29, 0.717) is 17.7 Å². The van der Waals surface area contributed by atoms with Crippen LogP contribution in [0.1, 0.15) is 36.8 Å². The summed E-state index contributed by atoms with van der Waals surface area (Å²) in [5.74, 6) is 1.87. The van der Waals surface area contributed by atoms with Gasteiger partial charge in [-0.2, -0.15) is 0 Å². The van der Waals surface area contributed by atoms with E-state index < -0.39 is 0 Å². The molecule has 2 rings (SSSR count). The van der Waals surface area contributed by atoms with Crippen molar-refractivity contribution in [2.75, 3.05) is 11.8 Å². The summed E-state index contributed by atoms with van der Waals surface area (Å²) in [4.78, 5) is 0. The second-order valence-electron chi connectivity index (χ2n) is 5.88. The van der Waals surface area contributed by atoms with Crippen molar-refractivity contribution >= 4 is 34.8 Å². The molecule has 0 heterocycles. The number of benzene rings is 1. The van der Waals surface area contributed by atoms with Gasteiger partial charge in [0.2, 0.25) is 0 Å². The Bertz CT molecular complexity index is 418. The van der Waals surface area contributed by atoms with Crippen LogP contribution in [0, 0.1) is 18.3 Å². The lowest BCUT2D eigenvalue weighted by molar-refractivity contribution is 0.225. The molecule has 106 valence electrons. The highest BCUT2D eigenvalue weighted by Crippen LogP contribution is 2.44. The van der Waals surface area contributed by atoms with E-state index in [4.69, 9.17) is 34.8 Å². The molecule has 0 radical (unpaired) electrons. The van der Waals surface area contributed by atoms with Crippen molar-refractivity contribution in [3.05, 3.63) is 34.3 Å². The molecule has 0 bridgehead atoms. The molecule has 19 heavy (non-hydrogen) atoms. The second-order valence-corrected chi connectivity index (χ2v) is 6.82. The minimum atomic E-state index is -0.00148. The molecule has 0 amide bonds. The molecule has 1 fully saturated rings. The van der Waals surface area contributed by atoms with E-state index in [-0.39, 0.29) is 5.41 Å². The fourth-order valence-electron chi connectivity index (χ4n) is 3.21. The zero-order valence-electron chi connectivity index (χ0n) is 11.4. The SMILES string of the molecule is Cc1ccc(CC(CCl)(CCl)C2CCCC2)c(Cl)c1. The van der Waals surface area contributed by atoms with Gasteiger partial charge in [-0.05, 0) is 49.3 Å². The molecule has 0 atom stereocenters. The van der Waals surface area contributed by atoms with Gasteiger partial charge in [0.05, 0.1) is 0 Å². The first-order valence-electron chi connectivity index (χ1n) is 6.98. The second kappa shape index (κ2) is 6.70. The van der Waals surface area contributed by atoms with E-state index in [2.05, 4.69) is 19.1 Å². The van der Waals surface area contributed by atoms with Gasteiger partial charge in [-0.25, -0.2) is 0 Å². The van der Waals surface area contributed by atoms with E-state index in [1.807, 2.05) is 6.07 Å². The summed E-state index contributed by atoms with van der Waals surface area (Å²) in [6.07, 6.45) is 6.01. The van der Waals surface area contributed by atoms with Gasteiger partial charge in [-0.15, -0.1) is 23.2 Å². The minimum Gasteiger partial charge on any atom is -0.126 e. The number of halogens is 3. The molecule has 0 aliphatic heterocycles. The summed E-state index contributed by atoms with van der Waals surface area (Å²) < 4.78 is 0. The first kappa shape index (κ1) is 15.5. The van der Waals surface area contributed by atoms with Gasteiger partial charge >= 0.3 is 0 Å². The van der Waals surface area contributed by atoms with Gasteiger partial charge in [0.15, 0.2) is 0 Å². The quantitative estimate of drug-likeness (QED) is 0.598. The molecular weight excluding hydrogens is 299 g/mol. The van der Waals surface area contributed by atoms with Crippen molar-refractivity contribution in [1.29, 1.82) is 0 Å². The Labute approximate surface area is 131 Å². The summed E-state index contributed by atoms with van der Waals surface area (Å²) in [5.41, 5.74) is 2.37. The van der Waals surface area contributed by atoms with E-state index >= 15 is 0 Å². The number of hydrogen-bond donors (Lipinski definition) is 0. The maximum Gasteiger partial charge on any atom is 0.0440 e. The molecule has 0 nitrogen and oxygen atoms in total. The Morgan fingerprint density at radius 2 is 1.79 bits per heavy atom. The number of aryl methyl sites for hydroxylation is 1. The van der Waals surface area contributed by atoms with Crippen molar-refractivity contribution < 1.29 is 0 Å². The standard InChI is InChI=1S/C16H21Cl3/c1-12-6-7-13(15(19)8-12)9-16(10-17,11-18)14-4-2-3-5-14/h6-8,14H,2-5,9-11H2,1H3. The van der Waals surface area contributed by atoms with Crippen LogP contribution in [0.4, 0.5) is 0 Å². The molecule has 0 unspecified atom stereocenters. The van der Waals surface area contributed by atoms with E-state index in [1.165, 1.54) is 36.8 Å². The van der Waals surface area contributed by atoms with E-state index in [1.54, 1.807) is 0 Å². The summed E-state index contributed by atoms with van der Waals surface area (Å²) in [6.45, 7) is 2.06. The van der Waals surface area contributed by atoms with Crippen molar-refractivity contribution in [2.24, 2.45) is 11.3 Å². The summed E-state index contributed by atoms with van der Waals surface area (Å²) >= 11 is 19.0. The Morgan fingerprint density at radius 3 is 2.32 bits per heavy atom. The molecule has 0 saturated heterocycles. The largest absolute Gasteiger partial charge is 0.126 e. The molecule has 1 aliphatic carbocycles. The van der Waals surface area contributed by atoms with Crippen LogP contribution in [-0.4, -0.2) is 11.8 Å². The van der Waals surface area contributed by atoms with Gasteiger partial charge in [0.1, 0.15) is 0 Å².